The summed E-state index contributed by atoms with van der Waals surface area (Å²) in [5.41, 5.74) is 0.944. The molecule has 0 aromatic heterocycles. The summed E-state index contributed by atoms with van der Waals surface area (Å²) in [6, 6.07) is 16.1. The number of benzene rings is 2. The number of halogens is 1. The molecule has 0 aliphatic rings. The summed E-state index contributed by atoms with van der Waals surface area (Å²) in [4.78, 5) is 36.6. The first kappa shape index (κ1) is 22.0. The molecule has 1 amide bonds. The van der Waals surface area contributed by atoms with Gasteiger partial charge in [-0.1, -0.05) is 41.9 Å². The number of Topliss-reactive ketones (excluding diaryl/α,β-unsaturated/α-hetero) is 1. The SMILES string of the molecule is CC(=O)[C@H](Cc1ccccc1)NC(=O)COC(=O)CCSc1ccc(Cl)cc1. The number of carbonyl (C=O) groups is 3. The molecule has 0 radical (unpaired) electrons. The molecule has 0 aliphatic heterocycles. The van der Waals surface area contributed by atoms with Crippen LogP contribution >= 0.6 is 23.4 Å². The molecule has 148 valence electrons. The van der Waals surface area contributed by atoms with Gasteiger partial charge in [-0.3, -0.25) is 14.4 Å². The second kappa shape index (κ2) is 11.5. The summed E-state index contributed by atoms with van der Waals surface area (Å²) < 4.78 is 4.99. The minimum atomic E-state index is -0.644. The first-order valence-corrected chi connectivity index (χ1v) is 10.2. The van der Waals surface area contributed by atoms with Crippen molar-refractivity contribution in [3.05, 3.63) is 65.2 Å². The molecule has 0 unspecified atom stereocenters. The van der Waals surface area contributed by atoms with Gasteiger partial charge in [0.05, 0.1) is 12.5 Å². The van der Waals surface area contributed by atoms with Crippen LogP contribution in [-0.2, 0) is 25.5 Å². The Morgan fingerprint density at radius 2 is 1.75 bits per heavy atom. The number of ketones is 1. The van der Waals surface area contributed by atoms with E-state index in [9.17, 15) is 14.4 Å². The van der Waals surface area contributed by atoms with E-state index in [0.717, 1.165) is 10.5 Å². The van der Waals surface area contributed by atoms with Crippen molar-refractivity contribution in [2.75, 3.05) is 12.4 Å². The Hall–Kier alpha value is -2.31. The van der Waals surface area contributed by atoms with Gasteiger partial charge >= 0.3 is 5.97 Å². The van der Waals surface area contributed by atoms with E-state index in [1.807, 2.05) is 42.5 Å². The number of thioether (sulfide) groups is 1. The lowest BCUT2D eigenvalue weighted by Gasteiger charge is -2.16. The maximum absolute atomic E-state index is 12.0. The van der Waals surface area contributed by atoms with Gasteiger partial charge in [0.15, 0.2) is 12.4 Å². The van der Waals surface area contributed by atoms with E-state index >= 15 is 0 Å². The predicted octanol–water partition coefficient (Wildman–Crippen LogP) is 3.68. The minimum absolute atomic E-state index is 0.150. The van der Waals surface area contributed by atoms with Gasteiger partial charge in [-0.25, -0.2) is 0 Å². The summed E-state index contributed by atoms with van der Waals surface area (Å²) >= 11 is 7.33. The summed E-state index contributed by atoms with van der Waals surface area (Å²) in [5.74, 6) is -0.566. The van der Waals surface area contributed by atoms with Crippen LogP contribution in [0.3, 0.4) is 0 Å². The molecule has 1 atom stereocenters. The molecule has 0 spiro atoms. The smallest absolute Gasteiger partial charge is 0.307 e. The summed E-state index contributed by atoms with van der Waals surface area (Å²) in [5, 5.41) is 3.28. The Bertz CT molecular complexity index is 796. The van der Waals surface area contributed by atoms with Gasteiger partial charge in [-0.15, -0.1) is 11.8 Å². The van der Waals surface area contributed by atoms with Crippen LogP contribution < -0.4 is 5.32 Å². The molecule has 0 aliphatic carbocycles. The fourth-order valence-electron chi connectivity index (χ4n) is 2.38. The fraction of sp³-hybridized carbons (Fsp3) is 0.286. The number of hydrogen-bond acceptors (Lipinski definition) is 5. The highest BCUT2D eigenvalue weighted by molar-refractivity contribution is 7.99. The van der Waals surface area contributed by atoms with Crippen molar-refractivity contribution in [1.29, 1.82) is 0 Å². The standard InChI is InChI=1S/C21H22ClNO4S/c1-15(24)19(13-16-5-3-2-4-6-16)23-20(25)14-27-21(26)11-12-28-18-9-7-17(22)8-10-18/h2-10,19H,11-14H2,1H3,(H,23,25)/t19-/m0/s1. The van der Waals surface area contributed by atoms with Gasteiger partial charge in [-0.2, -0.15) is 0 Å². The third kappa shape index (κ3) is 8.15. The monoisotopic (exact) mass is 419 g/mol. The highest BCUT2D eigenvalue weighted by Crippen LogP contribution is 2.21. The van der Waals surface area contributed by atoms with Crippen LogP contribution in [0.25, 0.3) is 0 Å². The molecule has 5 nitrogen and oxygen atoms in total. The molecule has 0 fully saturated rings. The van der Waals surface area contributed by atoms with Gasteiger partial charge in [0, 0.05) is 15.7 Å². The lowest BCUT2D eigenvalue weighted by molar-refractivity contribution is -0.148. The molecule has 2 aromatic carbocycles. The van der Waals surface area contributed by atoms with Crippen LogP contribution in [0.15, 0.2) is 59.5 Å². The van der Waals surface area contributed by atoms with Crippen LogP contribution in [0, 0.1) is 0 Å². The van der Waals surface area contributed by atoms with Gasteiger partial charge in [0.25, 0.3) is 5.91 Å². The van der Waals surface area contributed by atoms with Crippen LogP contribution in [0.2, 0.25) is 5.02 Å². The third-order valence-corrected chi connectivity index (χ3v) is 5.13. The third-order valence-electron chi connectivity index (χ3n) is 3.86. The zero-order valence-corrected chi connectivity index (χ0v) is 17.1. The molecule has 2 aromatic rings. The Balaban J connectivity index is 1.70. The lowest BCUT2D eigenvalue weighted by atomic mass is 10.0. The van der Waals surface area contributed by atoms with Gasteiger partial charge < -0.3 is 10.1 Å². The summed E-state index contributed by atoms with van der Waals surface area (Å²) in [7, 11) is 0. The molecule has 0 saturated heterocycles. The maximum atomic E-state index is 12.0. The van der Waals surface area contributed by atoms with Gasteiger partial charge in [0.1, 0.15) is 0 Å². The van der Waals surface area contributed by atoms with Crippen LogP contribution in [-0.4, -0.2) is 36.1 Å². The molecule has 0 saturated carbocycles. The van der Waals surface area contributed by atoms with E-state index in [-0.39, 0.29) is 12.2 Å². The highest BCUT2D eigenvalue weighted by atomic mass is 35.5. The van der Waals surface area contributed by atoms with E-state index < -0.39 is 24.5 Å². The largest absolute Gasteiger partial charge is 0.456 e. The second-order valence-corrected chi connectivity index (χ2v) is 7.74. The van der Waals surface area contributed by atoms with Crippen molar-refractivity contribution in [2.45, 2.75) is 30.7 Å². The molecule has 1 N–H and O–H groups in total. The van der Waals surface area contributed by atoms with Crippen LogP contribution in [0.5, 0.6) is 0 Å². The Labute approximate surface area is 173 Å². The molecule has 2 rings (SSSR count). The number of ether oxygens (including phenoxy) is 1. The number of amides is 1. The van der Waals surface area contributed by atoms with Crippen molar-refractivity contribution in [2.24, 2.45) is 0 Å². The van der Waals surface area contributed by atoms with Crippen molar-refractivity contribution in [1.82, 2.24) is 5.32 Å². The summed E-state index contributed by atoms with van der Waals surface area (Å²) in [6.45, 7) is 1.02. The first-order valence-electron chi connectivity index (χ1n) is 8.82. The van der Waals surface area contributed by atoms with Crippen molar-refractivity contribution >= 4 is 41.0 Å². The number of nitrogens with one attached hydrogen (secondary N) is 1. The Morgan fingerprint density at radius 3 is 2.39 bits per heavy atom. The summed E-state index contributed by atoms with van der Waals surface area (Å²) in [6.07, 6.45) is 0.578. The second-order valence-electron chi connectivity index (χ2n) is 6.13. The fourth-order valence-corrected chi connectivity index (χ4v) is 3.34. The number of esters is 1. The van der Waals surface area contributed by atoms with Gasteiger partial charge in [-0.05, 0) is 43.2 Å². The number of hydrogen-bond donors (Lipinski definition) is 1. The van der Waals surface area contributed by atoms with E-state index in [1.54, 1.807) is 12.1 Å². The zero-order valence-electron chi connectivity index (χ0n) is 15.5. The number of carbonyl (C=O) groups excluding carboxylic acids is 3. The maximum Gasteiger partial charge on any atom is 0.307 e. The zero-order chi connectivity index (χ0) is 20.4. The number of rotatable bonds is 10. The molecule has 0 bridgehead atoms. The van der Waals surface area contributed by atoms with E-state index in [4.69, 9.17) is 16.3 Å². The van der Waals surface area contributed by atoms with E-state index in [0.29, 0.717) is 17.2 Å². The average molecular weight is 420 g/mol. The molecule has 28 heavy (non-hydrogen) atoms. The Kier molecular flexibility index (Phi) is 9.04. The minimum Gasteiger partial charge on any atom is -0.456 e. The molecular formula is C21H22ClNO4S. The van der Waals surface area contributed by atoms with Gasteiger partial charge in [0.2, 0.25) is 0 Å². The lowest BCUT2D eigenvalue weighted by Crippen LogP contribution is -2.43. The first-order chi connectivity index (χ1) is 13.4. The van der Waals surface area contributed by atoms with Crippen molar-refractivity contribution < 1.29 is 19.1 Å². The van der Waals surface area contributed by atoms with Crippen LogP contribution in [0.1, 0.15) is 18.9 Å². The quantitative estimate of drug-likeness (QED) is 0.469. The van der Waals surface area contributed by atoms with Crippen molar-refractivity contribution in [3.8, 4) is 0 Å². The molecular weight excluding hydrogens is 398 g/mol. The topological polar surface area (TPSA) is 72.5 Å². The average Bonchev–Trinajstić information content (AvgIpc) is 2.68. The van der Waals surface area contributed by atoms with Crippen molar-refractivity contribution in [3.63, 3.8) is 0 Å². The normalized spacial score (nSPS) is 11.5. The predicted molar refractivity (Wildman–Crippen MR) is 111 cm³/mol. The van der Waals surface area contributed by atoms with E-state index in [2.05, 4.69) is 5.32 Å². The Morgan fingerprint density at radius 1 is 1.07 bits per heavy atom. The molecule has 0 heterocycles. The van der Waals surface area contributed by atoms with Crippen LogP contribution in [0.4, 0.5) is 0 Å². The van der Waals surface area contributed by atoms with E-state index in [1.165, 1.54) is 18.7 Å². The highest BCUT2D eigenvalue weighted by Gasteiger charge is 2.18. The molecule has 7 heteroatoms.